The third-order valence-corrected chi connectivity index (χ3v) is 5.29. The Morgan fingerprint density at radius 2 is 1.97 bits per heavy atom. The number of rotatable bonds is 5. The molecule has 1 saturated carbocycles. The van der Waals surface area contributed by atoms with E-state index < -0.39 is 35.0 Å². The number of nitrogens with one attached hydrogen (secondary N) is 1. The number of benzene rings is 1. The number of hydrogen-bond donors (Lipinski definition) is 2. The maximum atomic E-state index is 15.1. The number of nitriles is 1. The summed E-state index contributed by atoms with van der Waals surface area (Å²) >= 11 is 0. The van der Waals surface area contributed by atoms with Gasteiger partial charge in [0.1, 0.15) is 23.1 Å². The minimum Gasteiger partial charge on any atom is -0.478 e. The number of carbonyl (C=O) groups excluding carboxylic acids is 2. The van der Waals surface area contributed by atoms with E-state index in [1.807, 2.05) is 6.07 Å². The lowest BCUT2D eigenvalue weighted by Crippen LogP contribution is -2.40. The van der Waals surface area contributed by atoms with E-state index in [9.17, 15) is 24.8 Å². The number of carbonyl (C=O) groups is 3. The number of carboxylic acid groups (broad SMARTS) is 1. The molecule has 2 amide bonds. The first-order valence-corrected chi connectivity index (χ1v) is 10.5. The number of carboxylic acids is 1. The quantitative estimate of drug-likeness (QED) is 0.713. The molecule has 172 valence electrons. The number of anilines is 2. The summed E-state index contributed by atoms with van der Waals surface area (Å²) < 4.78 is 20.4. The Labute approximate surface area is 185 Å². The van der Waals surface area contributed by atoms with Gasteiger partial charge in [0.2, 0.25) is 5.91 Å². The highest BCUT2D eigenvalue weighted by molar-refractivity contribution is 6.05. The first-order chi connectivity index (χ1) is 14.9. The van der Waals surface area contributed by atoms with Gasteiger partial charge in [-0.15, -0.1) is 0 Å². The molecule has 10 heteroatoms. The van der Waals surface area contributed by atoms with Crippen LogP contribution in [0.2, 0.25) is 0 Å². The number of amides is 2. The molecule has 9 nitrogen and oxygen atoms in total. The second-order valence-corrected chi connectivity index (χ2v) is 9.09. The van der Waals surface area contributed by atoms with Gasteiger partial charge in [-0.2, -0.15) is 5.26 Å². The fourth-order valence-corrected chi connectivity index (χ4v) is 3.94. The Balaban J connectivity index is 1.96. The molecule has 32 heavy (non-hydrogen) atoms. The van der Waals surface area contributed by atoms with E-state index in [4.69, 9.17) is 4.74 Å². The minimum atomic E-state index is -1.42. The van der Waals surface area contributed by atoms with Crippen LogP contribution >= 0.6 is 0 Å². The summed E-state index contributed by atoms with van der Waals surface area (Å²) in [5.74, 6) is -2.69. The summed E-state index contributed by atoms with van der Waals surface area (Å²) in [5, 5.41) is 22.3. The average molecular weight is 446 g/mol. The standard InChI is InChI=1S/C22H27FN4O5/c1-12(28)27(14-5-6-14)18-15(20(29)30)9-17(23)19(16(18)10-24)26-8-7-13(11-26)25-21(31)32-22(2,3)4/h9,13-14H,5-8,11H2,1-4H3,(H,25,31)(H,29,30). The van der Waals surface area contributed by atoms with Gasteiger partial charge in [0, 0.05) is 26.1 Å². The van der Waals surface area contributed by atoms with Crippen molar-refractivity contribution in [2.75, 3.05) is 22.9 Å². The molecule has 2 aliphatic rings. The van der Waals surface area contributed by atoms with Crippen molar-refractivity contribution in [2.24, 2.45) is 0 Å². The average Bonchev–Trinajstić information content (AvgIpc) is 3.38. The summed E-state index contributed by atoms with van der Waals surface area (Å²) in [5.41, 5.74) is -1.42. The summed E-state index contributed by atoms with van der Waals surface area (Å²) in [4.78, 5) is 39.1. The highest BCUT2D eigenvalue weighted by atomic mass is 19.1. The number of alkyl carbamates (subject to hydrolysis) is 1. The third kappa shape index (κ3) is 4.93. The SMILES string of the molecule is CC(=O)N(c1c(C(=O)O)cc(F)c(N2CCC(NC(=O)OC(C)(C)C)C2)c1C#N)C1CC1. The minimum absolute atomic E-state index is 0.0621. The first kappa shape index (κ1) is 23.3. The van der Waals surface area contributed by atoms with E-state index in [1.54, 1.807) is 25.7 Å². The topological polar surface area (TPSA) is 123 Å². The van der Waals surface area contributed by atoms with E-state index >= 15 is 4.39 Å². The van der Waals surface area contributed by atoms with Gasteiger partial charge in [-0.1, -0.05) is 0 Å². The smallest absolute Gasteiger partial charge is 0.407 e. The molecule has 0 spiro atoms. The largest absolute Gasteiger partial charge is 0.478 e. The second-order valence-electron chi connectivity index (χ2n) is 9.09. The predicted octanol–water partition coefficient (Wildman–Crippen LogP) is 3.01. The molecule has 1 aromatic rings. The fourth-order valence-electron chi connectivity index (χ4n) is 3.94. The van der Waals surface area contributed by atoms with Gasteiger partial charge < -0.3 is 25.0 Å². The van der Waals surface area contributed by atoms with Crippen molar-refractivity contribution in [1.82, 2.24) is 5.32 Å². The van der Waals surface area contributed by atoms with E-state index in [0.29, 0.717) is 25.8 Å². The van der Waals surface area contributed by atoms with E-state index in [0.717, 1.165) is 6.07 Å². The molecule has 0 radical (unpaired) electrons. The summed E-state index contributed by atoms with van der Waals surface area (Å²) in [6, 6.07) is 2.24. The summed E-state index contributed by atoms with van der Waals surface area (Å²) in [6.07, 6.45) is 1.26. The molecule has 0 aromatic heterocycles. The van der Waals surface area contributed by atoms with Gasteiger partial charge in [-0.3, -0.25) is 4.79 Å². The zero-order valence-electron chi connectivity index (χ0n) is 18.6. The van der Waals surface area contributed by atoms with Crippen LogP contribution in [-0.2, 0) is 9.53 Å². The van der Waals surface area contributed by atoms with Gasteiger partial charge in [-0.05, 0) is 46.1 Å². The molecule has 3 rings (SSSR count). The monoisotopic (exact) mass is 446 g/mol. The Hall–Kier alpha value is -3.35. The molecule has 1 aliphatic carbocycles. The number of nitrogens with zero attached hydrogens (tertiary/aromatic N) is 3. The van der Waals surface area contributed by atoms with Crippen LogP contribution in [0.5, 0.6) is 0 Å². The molecule has 1 unspecified atom stereocenters. The van der Waals surface area contributed by atoms with Crippen LogP contribution in [0.1, 0.15) is 62.9 Å². The van der Waals surface area contributed by atoms with Crippen molar-refractivity contribution in [2.45, 2.75) is 64.6 Å². The predicted molar refractivity (Wildman–Crippen MR) is 114 cm³/mol. The van der Waals surface area contributed by atoms with Crippen LogP contribution in [0.25, 0.3) is 0 Å². The van der Waals surface area contributed by atoms with Crippen LogP contribution in [0.3, 0.4) is 0 Å². The third-order valence-electron chi connectivity index (χ3n) is 5.29. The Morgan fingerprint density at radius 3 is 2.47 bits per heavy atom. The number of halogens is 1. The lowest BCUT2D eigenvalue weighted by Gasteiger charge is -2.28. The van der Waals surface area contributed by atoms with Gasteiger partial charge in [0.25, 0.3) is 0 Å². The summed E-state index contributed by atoms with van der Waals surface area (Å²) in [6.45, 7) is 7.07. The number of hydrogen-bond acceptors (Lipinski definition) is 6. The first-order valence-electron chi connectivity index (χ1n) is 10.5. The lowest BCUT2D eigenvalue weighted by atomic mass is 10.0. The number of ether oxygens (including phenoxy) is 1. The highest BCUT2D eigenvalue weighted by Gasteiger charge is 2.39. The van der Waals surface area contributed by atoms with Crippen molar-refractivity contribution < 1.29 is 28.6 Å². The number of aromatic carboxylic acids is 1. The molecule has 1 heterocycles. The van der Waals surface area contributed by atoms with Crippen LogP contribution < -0.4 is 15.1 Å². The van der Waals surface area contributed by atoms with Crippen molar-refractivity contribution >= 4 is 29.3 Å². The van der Waals surface area contributed by atoms with Crippen LogP contribution in [0, 0.1) is 17.1 Å². The molecular weight excluding hydrogens is 419 g/mol. The summed E-state index contributed by atoms with van der Waals surface area (Å²) in [7, 11) is 0. The lowest BCUT2D eigenvalue weighted by molar-refractivity contribution is -0.116. The fraction of sp³-hybridized carbons (Fsp3) is 0.545. The van der Waals surface area contributed by atoms with E-state index in [-0.39, 0.29) is 35.6 Å². The molecule has 0 bridgehead atoms. The van der Waals surface area contributed by atoms with Crippen molar-refractivity contribution in [3.63, 3.8) is 0 Å². The zero-order chi connectivity index (χ0) is 23.8. The molecule has 2 N–H and O–H groups in total. The molecule has 1 atom stereocenters. The van der Waals surface area contributed by atoms with E-state index in [2.05, 4.69) is 5.32 Å². The van der Waals surface area contributed by atoms with Crippen molar-refractivity contribution in [1.29, 1.82) is 5.26 Å². The van der Waals surface area contributed by atoms with Crippen molar-refractivity contribution in [3.8, 4) is 6.07 Å². The van der Waals surface area contributed by atoms with Crippen molar-refractivity contribution in [3.05, 3.63) is 23.0 Å². The Kier molecular flexibility index (Phi) is 6.30. The van der Waals surface area contributed by atoms with Gasteiger partial charge in [0.15, 0.2) is 0 Å². The van der Waals surface area contributed by atoms with Gasteiger partial charge >= 0.3 is 12.1 Å². The Morgan fingerprint density at radius 1 is 1.31 bits per heavy atom. The molecule has 1 aromatic carbocycles. The normalized spacial score (nSPS) is 18.1. The molecule has 1 aliphatic heterocycles. The second kappa shape index (κ2) is 8.65. The molecular formula is C22H27FN4O5. The maximum absolute atomic E-state index is 15.1. The maximum Gasteiger partial charge on any atom is 0.407 e. The van der Waals surface area contributed by atoms with E-state index in [1.165, 1.54) is 11.8 Å². The van der Waals surface area contributed by atoms with Gasteiger partial charge in [0.05, 0.1) is 23.0 Å². The van der Waals surface area contributed by atoms with Crippen LogP contribution in [0.4, 0.5) is 20.6 Å². The zero-order valence-corrected chi connectivity index (χ0v) is 18.6. The molecule has 2 fully saturated rings. The molecule has 1 saturated heterocycles. The highest BCUT2D eigenvalue weighted by Crippen LogP contribution is 2.41. The van der Waals surface area contributed by atoms with Crippen LogP contribution in [-0.4, -0.2) is 53.9 Å². The van der Waals surface area contributed by atoms with Crippen LogP contribution in [0.15, 0.2) is 6.07 Å². The Bertz CT molecular complexity index is 994. The van der Waals surface area contributed by atoms with Gasteiger partial charge in [-0.25, -0.2) is 14.0 Å².